The molecule has 0 aliphatic heterocycles. The monoisotopic (exact) mass is 223 g/mol. The van der Waals surface area contributed by atoms with Gasteiger partial charge in [0, 0.05) is 12.1 Å². The molecule has 88 valence electrons. The molecular formula is C13H20FN2+. The predicted molar refractivity (Wildman–Crippen MR) is 65.7 cm³/mol. The van der Waals surface area contributed by atoms with E-state index in [0.717, 1.165) is 12.1 Å². The molecule has 0 heterocycles. The lowest BCUT2D eigenvalue weighted by Gasteiger charge is -2.14. The molecule has 2 nitrogen and oxygen atoms in total. The molecular weight excluding hydrogens is 203 g/mol. The number of rotatable bonds is 4. The summed E-state index contributed by atoms with van der Waals surface area (Å²) in [5.74, 6) is -0.190. The molecule has 1 aromatic rings. The number of benzene rings is 1. The fourth-order valence-electron chi connectivity index (χ4n) is 1.57. The lowest BCUT2D eigenvalue weighted by atomic mass is 10.1. The van der Waals surface area contributed by atoms with E-state index in [2.05, 4.69) is 25.2 Å². The van der Waals surface area contributed by atoms with Gasteiger partial charge in [0.05, 0.1) is 20.3 Å². The summed E-state index contributed by atoms with van der Waals surface area (Å²) >= 11 is 0. The van der Waals surface area contributed by atoms with Crippen LogP contribution in [0.2, 0.25) is 0 Å². The normalized spacial score (nSPS) is 12.6. The summed E-state index contributed by atoms with van der Waals surface area (Å²) in [5, 5.41) is 0. The average Bonchev–Trinajstić information content (AvgIpc) is 2.16. The van der Waals surface area contributed by atoms with Crippen molar-refractivity contribution in [1.82, 2.24) is 4.90 Å². The predicted octanol–water partition coefficient (Wildman–Crippen LogP) is 0.873. The molecule has 0 amide bonds. The number of hydrogen-bond acceptors (Lipinski definition) is 1. The summed E-state index contributed by atoms with van der Waals surface area (Å²) in [6.45, 7) is 0.858. The molecule has 0 radical (unpaired) electrons. The van der Waals surface area contributed by atoms with Crippen molar-refractivity contribution < 1.29 is 9.29 Å². The molecule has 3 heteroatoms. The number of nitrogens with one attached hydrogen (secondary N) is 1. The van der Waals surface area contributed by atoms with Gasteiger partial charge in [0.25, 0.3) is 0 Å². The number of nitrogens with zero attached hydrogens (tertiary/aromatic N) is 1. The zero-order valence-corrected chi connectivity index (χ0v) is 10.4. The van der Waals surface area contributed by atoms with Gasteiger partial charge in [-0.1, -0.05) is 12.1 Å². The van der Waals surface area contributed by atoms with E-state index < -0.39 is 0 Å². The Labute approximate surface area is 97.0 Å². The second-order valence-electron chi connectivity index (χ2n) is 4.49. The van der Waals surface area contributed by atoms with Crippen LogP contribution in [0.25, 0.3) is 5.57 Å². The van der Waals surface area contributed by atoms with Crippen molar-refractivity contribution in [3.8, 4) is 0 Å². The molecule has 0 unspecified atom stereocenters. The maximum absolute atomic E-state index is 12.8. The fourth-order valence-corrected chi connectivity index (χ4v) is 1.57. The molecule has 0 bridgehead atoms. The quantitative estimate of drug-likeness (QED) is 0.796. The SMILES string of the molecule is CN(C)C/C(=C/[NH+](C)C)c1ccc(F)cc1. The molecule has 0 aliphatic carbocycles. The van der Waals surface area contributed by atoms with E-state index in [1.807, 2.05) is 26.2 Å². The van der Waals surface area contributed by atoms with Gasteiger partial charge in [-0.15, -0.1) is 0 Å². The lowest BCUT2D eigenvalue weighted by Crippen LogP contribution is -3.00. The molecule has 0 saturated heterocycles. The molecule has 0 saturated carbocycles. The van der Waals surface area contributed by atoms with Crippen LogP contribution in [0.15, 0.2) is 30.5 Å². The van der Waals surface area contributed by atoms with Crippen molar-refractivity contribution in [3.63, 3.8) is 0 Å². The molecule has 0 aliphatic rings. The minimum atomic E-state index is -0.190. The van der Waals surface area contributed by atoms with Gasteiger partial charge in [0.2, 0.25) is 0 Å². The van der Waals surface area contributed by atoms with Crippen LogP contribution < -0.4 is 4.90 Å². The molecule has 16 heavy (non-hydrogen) atoms. The Morgan fingerprint density at radius 2 is 1.81 bits per heavy atom. The highest BCUT2D eigenvalue weighted by Gasteiger charge is 2.06. The van der Waals surface area contributed by atoms with Crippen LogP contribution in [-0.2, 0) is 0 Å². The van der Waals surface area contributed by atoms with E-state index >= 15 is 0 Å². The van der Waals surface area contributed by atoms with E-state index in [9.17, 15) is 4.39 Å². The van der Waals surface area contributed by atoms with E-state index in [4.69, 9.17) is 0 Å². The van der Waals surface area contributed by atoms with Crippen LogP contribution in [-0.4, -0.2) is 39.6 Å². The third-order valence-corrected chi connectivity index (χ3v) is 2.16. The Bertz CT molecular complexity index is 353. The standard InChI is InChI=1S/C13H19FN2/c1-15(2)9-12(10-16(3)4)11-5-7-13(14)8-6-11/h5-9H,10H2,1-4H3/p+1/b12-9-. The van der Waals surface area contributed by atoms with Crippen molar-refractivity contribution in [2.45, 2.75) is 0 Å². The van der Waals surface area contributed by atoms with Gasteiger partial charge in [0.1, 0.15) is 5.82 Å². The maximum atomic E-state index is 12.8. The van der Waals surface area contributed by atoms with Crippen molar-refractivity contribution in [1.29, 1.82) is 0 Å². The minimum absolute atomic E-state index is 0.190. The van der Waals surface area contributed by atoms with Crippen LogP contribution >= 0.6 is 0 Å². The van der Waals surface area contributed by atoms with E-state index in [-0.39, 0.29) is 5.82 Å². The molecule has 1 aromatic carbocycles. The van der Waals surface area contributed by atoms with Crippen LogP contribution in [0.5, 0.6) is 0 Å². The third-order valence-electron chi connectivity index (χ3n) is 2.16. The molecule has 0 fully saturated rings. The van der Waals surface area contributed by atoms with Crippen LogP contribution in [0.4, 0.5) is 4.39 Å². The molecule has 0 aromatic heterocycles. The third kappa shape index (κ3) is 4.13. The first kappa shape index (κ1) is 12.9. The van der Waals surface area contributed by atoms with Crippen molar-refractivity contribution in [3.05, 3.63) is 41.8 Å². The highest BCUT2D eigenvalue weighted by molar-refractivity contribution is 5.65. The summed E-state index contributed by atoms with van der Waals surface area (Å²) in [7, 11) is 8.20. The van der Waals surface area contributed by atoms with Gasteiger partial charge in [-0.2, -0.15) is 0 Å². The Hall–Kier alpha value is -1.19. The number of hydrogen-bond donors (Lipinski definition) is 1. The fraction of sp³-hybridized carbons (Fsp3) is 0.385. The average molecular weight is 223 g/mol. The van der Waals surface area contributed by atoms with Gasteiger partial charge in [-0.05, 0) is 31.8 Å². The van der Waals surface area contributed by atoms with E-state index in [0.29, 0.717) is 0 Å². The van der Waals surface area contributed by atoms with Crippen LogP contribution in [0.1, 0.15) is 5.56 Å². The number of likely N-dealkylation sites (N-methyl/N-ethyl adjacent to an activating group) is 1. The molecule has 0 spiro atoms. The first-order chi connectivity index (χ1) is 7.49. The van der Waals surface area contributed by atoms with Gasteiger partial charge < -0.3 is 9.80 Å². The minimum Gasteiger partial charge on any atom is -0.313 e. The zero-order valence-electron chi connectivity index (χ0n) is 10.4. The Kier molecular flexibility index (Phi) is 4.65. The largest absolute Gasteiger partial charge is 0.313 e. The summed E-state index contributed by atoms with van der Waals surface area (Å²) < 4.78 is 12.8. The van der Waals surface area contributed by atoms with Crippen LogP contribution in [0, 0.1) is 5.82 Å². The number of quaternary nitrogens is 1. The summed E-state index contributed by atoms with van der Waals surface area (Å²) in [4.78, 5) is 3.36. The maximum Gasteiger partial charge on any atom is 0.123 e. The first-order valence-electron chi connectivity index (χ1n) is 5.40. The second-order valence-corrected chi connectivity index (χ2v) is 4.49. The topological polar surface area (TPSA) is 7.68 Å². The summed E-state index contributed by atoms with van der Waals surface area (Å²) in [6, 6.07) is 6.66. The lowest BCUT2D eigenvalue weighted by molar-refractivity contribution is -0.800. The van der Waals surface area contributed by atoms with Crippen molar-refractivity contribution in [2.24, 2.45) is 0 Å². The van der Waals surface area contributed by atoms with Crippen molar-refractivity contribution >= 4 is 5.57 Å². The second kappa shape index (κ2) is 5.77. The summed E-state index contributed by atoms with van der Waals surface area (Å²) in [5.41, 5.74) is 2.29. The Balaban J connectivity index is 2.96. The summed E-state index contributed by atoms with van der Waals surface area (Å²) in [6.07, 6.45) is 2.15. The molecule has 1 N–H and O–H groups in total. The number of halogens is 1. The van der Waals surface area contributed by atoms with Gasteiger partial charge in [0.15, 0.2) is 0 Å². The Morgan fingerprint density at radius 3 is 2.25 bits per heavy atom. The Morgan fingerprint density at radius 1 is 1.25 bits per heavy atom. The van der Waals surface area contributed by atoms with Gasteiger partial charge in [-0.25, -0.2) is 4.39 Å². The van der Waals surface area contributed by atoms with Gasteiger partial charge >= 0.3 is 0 Å². The smallest absolute Gasteiger partial charge is 0.123 e. The first-order valence-corrected chi connectivity index (χ1v) is 5.40. The van der Waals surface area contributed by atoms with Gasteiger partial charge in [-0.3, -0.25) is 0 Å². The highest BCUT2D eigenvalue weighted by Crippen LogP contribution is 2.14. The van der Waals surface area contributed by atoms with E-state index in [1.54, 1.807) is 0 Å². The zero-order chi connectivity index (χ0) is 12.1. The van der Waals surface area contributed by atoms with E-state index in [1.165, 1.54) is 22.6 Å². The molecule has 0 atom stereocenters. The van der Waals surface area contributed by atoms with Crippen LogP contribution in [0.3, 0.4) is 0 Å². The van der Waals surface area contributed by atoms with Crippen molar-refractivity contribution in [2.75, 3.05) is 34.7 Å². The highest BCUT2D eigenvalue weighted by atomic mass is 19.1. The molecule has 1 rings (SSSR count).